The second-order valence-electron chi connectivity index (χ2n) is 5.65. The SMILES string of the molecule is COC(=O)c1cc(Cl)c(COc2ccc(OCC(F)(F)C(F)F)c(Cl)c2)cc1F. The first-order valence-corrected chi connectivity index (χ1v) is 8.58. The van der Waals surface area contributed by atoms with Crippen molar-refractivity contribution in [3.8, 4) is 11.5 Å². The van der Waals surface area contributed by atoms with Gasteiger partial charge in [0.1, 0.15) is 23.9 Å². The van der Waals surface area contributed by atoms with Crippen LogP contribution in [0.25, 0.3) is 0 Å². The molecular formula is C18H13Cl2F5O4. The fraction of sp³-hybridized carbons (Fsp3) is 0.278. The molecule has 11 heteroatoms. The second kappa shape index (κ2) is 9.49. The Bertz CT molecular complexity index is 893. The molecule has 4 nitrogen and oxygen atoms in total. The average molecular weight is 459 g/mol. The van der Waals surface area contributed by atoms with E-state index >= 15 is 0 Å². The average Bonchev–Trinajstić information content (AvgIpc) is 2.66. The summed E-state index contributed by atoms with van der Waals surface area (Å²) >= 11 is 11.9. The quantitative estimate of drug-likeness (QED) is 0.371. The first-order chi connectivity index (χ1) is 13.5. The standard InChI is InChI=1S/C18H13Cl2F5O4/c1-27-16(26)11-6-12(19)9(4-14(11)21)7-28-10-2-3-15(13(20)5-10)29-8-18(24,25)17(22)23/h2-6,17H,7-8H2,1H3. The van der Waals surface area contributed by atoms with E-state index in [0.29, 0.717) is 0 Å². The van der Waals surface area contributed by atoms with Crippen LogP contribution in [0.5, 0.6) is 11.5 Å². The molecule has 0 bridgehead atoms. The Balaban J connectivity index is 2.06. The van der Waals surface area contributed by atoms with Crippen molar-refractivity contribution in [2.75, 3.05) is 13.7 Å². The van der Waals surface area contributed by atoms with Gasteiger partial charge in [0.15, 0.2) is 6.61 Å². The third-order valence-electron chi connectivity index (χ3n) is 3.58. The minimum absolute atomic E-state index is 0.0482. The van der Waals surface area contributed by atoms with Crippen LogP contribution in [0.3, 0.4) is 0 Å². The number of ether oxygens (including phenoxy) is 3. The summed E-state index contributed by atoms with van der Waals surface area (Å²) in [6, 6.07) is 5.73. The van der Waals surface area contributed by atoms with Gasteiger partial charge in [0.2, 0.25) is 0 Å². The van der Waals surface area contributed by atoms with Crippen molar-refractivity contribution < 1.29 is 41.0 Å². The van der Waals surface area contributed by atoms with Gasteiger partial charge in [-0.2, -0.15) is 8.78 Å². The number of carbonyl (C=O) groups is 1. The molecule has 2 aromatic carbocycles. The zero-order valence-corrected chi connectivity index (χ0v) is 16.2. The van der Waals surface area contributed by atoms with E-state index in [0.717, 1.165) is 25.3 Å². The van der Waals surface area contributed by atoms with Crippen molar-refractivity contribution in [2.45, 2.75) is 19.0 Å². The largest absolute Gasteiger partial charge is 0.489 e. The molecule has 0 aromatic heterocycles. The second-order valence-corrected chi connectivity index (χ2v) is 6.46. The molecule has 158 valence electrons. The van der Waals surface area contributed by atoms with Crippen LogP contribution in [0.1, 0.15) is 15.9 Å². The van der Waals surface area contributed by atoms with E-state index < -0.39 is 30.7 Å². The van der Waals surface area contributed by atoms with Crippen molar-refractivity contribution in [2.24, 2.45) is 0 Å². The molecule has 0 heterocycles. The predicted molar refractivity (Wildman–Crippen MR) is 95.0 cm³/mol. The summed E-state index contributed by atoms with van der Waals surface area (Å²) in [6.45, 7) is -1.76. The molecule has 0 amide bonds. The summed E-state index contributed by atoms with van der Waals surface area (Å²) in [4.78, 5) is 11.4. The Hall–Kier alpha value is -2.26. The molecule has 0 aliphatic rings. The van der Waals surface area contributed by atoms with Crippen LogP contribution in [-0.4, -0.2) is 32.0 Å². The molecule has 0 aliphatic heterocycles. The Morgan fingerprint density at radius 1 is 1.10 bits per heavy atom. The van der Waals surface area contributed by atoms with E-state index in [-0.39, 0.29) is 39.3 Å². The number of hydrogen-bond donors (Lipinski definition) is 0. The van der Waals surface area contributed by atoms with Crippen LogP contribution in [0.4, 0.5) is 22.0 Å². The zero-order chi connectivity index (χ0) is 21.8. The van der Waals surface area contributed by atoms with Crippen molar-refractivity contribution in [3.63, 3.8) is 0 Å². The minimum atomic E-state index is -4.32. The molecule has 0 radical (unpaired) electrons. The molecule has 0 aliphatic carbocycles. The van der Waals surface area contributed by atoms with Gasteiger partial charge in [-0.15, -0.1) is 0 Å². The van der Waals surface area contributed by atoms with Crippen LogP contribution in [-0.2, 0) is 11.3 Å². The molecular weight excluding hydrogens is 446 g/mol. The van der Waals surface area contributed by atoms with Crippen LogP contribution in [0, 0.1) is 5.82 Å². The van der Waals surface area contributed by atoms with Gasteiger partial charge in [-0.05, 0) is 24.3 Å². The Morgan fingerprint density at radius 2 is 1.79 bits per heavy atom. The summed E-state index contributed by atoms with van der Waals surface area (Å²) < 4.78 is 78.6. The van der Waals surface area contributed by atoms with E-state index in [1.807, 2.05) is 0 Å². The molecule has 0 fully saturated rings. The molecule has 0 saturated heterocycles. The van der Waals surface area contributed by atoms with E-state index in [1.54, 1.807) is 0 Å². The molecule has 0 unspecified atom stereocenters. The van der Waals surface area contributed by atoms with E-state index in [1.165, 1.54) is 12.1 Å². The molecule has 0 atom stereocenters. The first kappa shape index (κ1) is 23.0. The van der Waals surface area contributed by atoms with Crippen LogP contribution in [0.15, 0.2) is 30.3 Å². The number of benzene rings is 2. The molecule has 2 rings (SSSR count). The van der Waals surface area contributed by atoms with E-state index in [2.05, 4.69) is 9.47 Å². The van der Waals surface area contributed by atoms with Gasteiger partial charge in [-0.3, -0.25) is 0 Å². The summed E-state index contributed by atoms with van der Waals surface area (Å²) in [5.41, 5.74) is -0.128. The Kier molecular flexibility index (Phi) is 7.54. The number of methoxy groups -OCH3 is 1. The van der Waals surface area contributed by atoms with Gasteiger partial charge in [-0.1, -0.05) is 23.2 Å². The lowest BCUT2D eigenvalue weighted by molar-refractivity contribution is -0.148. The number of carbonyl (C=O) groups excluding carboxylic acids is 1. The van der Waals surface area contributed by atoms with Crippen molar-refractivity contribution in [1.82, 2.24) is 0 Å². The lowest BCUT2D eigenvalue weighted by atomic mass is 10.1. The summed E-state index contributed by atoms with van der Waals surface area (Å²) in [5, 5.41) is -0.113. The lowest BCUT2D eigenvalue weighted by Gasteiger charge is -2.17. The summed E-state index contributed by atoms with van der Waals surface area (Å²) in [5.74, 6) is -6.17. The van der Waals surface area contributed by atoms with Crippen molar-refractivity contribution in [3.05, 3.63) is 57.3 Å². The zero-order valence-electron chi connectivity index (χ0n) is 14.7. The number of esters is 1. The highest BCUT2D eigenvalue weighted by molar-refractivity contribution is 6.32. The molecule has 29 heavy (non-hydrogen) atoms. The van der Waals surface area contributed by atoms with Crippen molar-refractivity contribution >= 4 is 29.2 Å². The monoisotopic (exact) mass is 458 g/mol. The highest BCUT2D eigenvalue weighted by Gasteiger charge is 2.41. The number of alkyl halides is 4. The number of hydrogen-bond acceptors (Lipinski definition) is 4. The molecule has 0 spiro atoms. The Labute approximate surface area is 172 Å². The van der Waals surface area contributed by atoms with Crippen LogP contribution >= 0.6 is 23.2 Å². The van der Waals surface area contributed by atoms with Gasteiger partial charge in [-0.25, -0.2) is 18.0 Å². The van der Waals surface area contributed by atoms with E-state index in [4.69, 9.17) is 27.9 Å². The maximum atomic E-state index is 14.0. The Morgan fingerprint density at radius 3 is 2.38 bits per heavy atom. The van der Waals surface area contributed by atoms with Gasteiger partial charge < -0.3 is 14.2 Å². The van der Waals surface area contributed by atoms with Gasteiger partial charge >= 0.3 is 18.3 Å². The molecule has 0 saturated carbocycles. The fourth-order valence-corrected chi connectivity index (χ4v) is 2.49. The normalized spacial score (nSPS) is 11.5. The molecule has 0 N–H and O–H groups in total. The highest BCUT2D eigenvalue weighted by Crippen LogP contribution is 2.32. The smallest absolute Gasteiger partial charge is 0.340 e. The van der Waals surface area contributed by atoms with Crippen LogP contribution < -0.4 is 9.47 Å². The third-order valence-corrected chi connectivity index (χ3v) is 4.23. The summed E-state index contributed by atoms with van der Waals surface area (Å²) in [6.07, 6.45) is -3.88. The number of halogens is 7. The van der Waals surface area contributed by atoms with Gasteiger partial charge in [0.05, 0.1) is 17.7 Å². The topological polar surface area (TPSA) is 44.8 Å². The van der Waals surface area contributed by atoms with Crippen LogP contribution in [0.2, 0.25) is 10.0 Å². The van der Waals surface area contributed by atoms with E-state index in [9.17, 15) is 26.7 Å². The van der Waals surface area contributed by atoms with Crippen molar-refractivity contribution in [1.29, 1.82) is 0 Å². The third kappa shape index (κ3) is 5.86. The lowest BCUT2D eigenvalue weighted by Crippen LogP contribution is -2.33. The fourth-order valence-electron chi connectivity index (χ4n) is 2.05. The first-order valence-electron chi connectivity index (χ1n) is 7.82. The maximum Gasteiger partial charge on any atom is 0.340 e. The van der Waals surface area contributed by atoms with Gasteiger partial charge in [0.25, 0.3) is 0 Å². The number of rotatable bonds is 8. The maximum absolute atomic E-state index is 14.0. The summed E-state index contributed by atoms with van der Waals surface area (Å²) in [7, 11) is 1.10. The highest BCUT2D eigenvalue weighted by atomic mass is 35.5. The molecule has 2 aromatic rings. The minimum Gasteiger partial charge on any atom is -0.489 e. The predicted octanol–water partition coefficient (Wildman–Crippen LogP) is 5.78. The van der Waals surface area contributed by atoms with Gasteiger partial charge in [0, 0.05) is 16.7 Å².